The fourth-order valence-corrected chi connectivity index (χ4v) is 1.88. The number of Topliss-reactive ketones (excluding diaryl/α,β-unsaturated/α-hetero) is 1. The molecule has 0 bridgehead atoms. The molecular formula is C13H17BrO2. The van der Waals surface area contributed by atoms with Crippen LogP contribution in [0, 0.1) is 0 Å². The second kappa shape index (κ2) is 6.81. The number of halogens is 1. The molecule has 2 nitrogen and oxygen atoms in total. The van der Waals surface area contributed by atoms with Crippen LogP contribution in [0.1, 0.15) is 38.4 Å². The predicted octanol–water partition coefficient (Wildman–Crippen LogP) is 3.90. The summed E-state index contributed by atoms with van der Waals surface area (Å²) in [5, 5.41) is 0. The SMILES string of the molecule is CCCOC(C(=O)CC)c1cccc(Br)c1. The van der Waals surface area contributed by atoms with Crippen molar-refractivity contribution in [3.05, 3.63) is 34.3 Å². The van der Waals surface area contributed by atoms with Gasteiger partial charge in [-0.05, 0) is 24.1 Å². The first-order chi connectivity index (χ1) is 7.69. The van der Waals surface area contributed by atoms with Crippen LogP contribution < -0.4 is 0 Å². The number of rotatable bonds is 6. The van der Waals surface area contributed by atoms with Gasteiger partial charge in [0.2, 0.25) is 0 Å². The van der Waals surface area contributed by atoms with Gasteiger partial charge in [-0.25, -0.2) is 0 Å². The van der Waals surface area contributed by atoms with Crippen molar-refractivity contribution >= 4 is 21.7 Å². The van der Waals surface area contributed by atoms with Gasteiger partial charge in [0, 0.05) is 17.5 Å². The fourth-order valence-electron chi connectivity index (χ4n) is 1.47. The normalized spacial score (nSPS) is 12.4. The quantitative estimate of drug-likeness (QED) is 0.792. The van der Waals surface area contributed by atoms with Crippen LogP contribution in [0.25, 0.3) is 0 Å². The van der Waals surface area contributed by atoms with Crippen molar-refractivity contribution in [2.24, 2.45) is 0 Å². The lowest BCUT2D eigenvalue weighted by Gasteiger charge is -2.16. The van der Waals surface area contributed by atoms with Crippen LogP contribution in [0.15, 0.2) is 28.7 Å². The maximum absolute atomic E-state index is 11.8. The van der Waals surface area contributed by atoms with Gasteiger partial charge >= 0.3 is 0 Å². The van der Waals surface area contributed by atoms with Crippen molar-refractivity contribution in [2.45, 2.75) is 32.8 Å². The van der Waals surface area contributed by atoms with Gasteiger partial charge in [-0.1, -0.05) is 41.9 Å². The Balaban J connectivity index is 2.87. The molecular weight excluding hydrogens is 268 g/mol. The molecule has 0 aromatic heterocycles. The van der Waals surface area contributed by atoms with Crippen molar-refractivity contribution in [3.8, 4) is 0 Å². The van der Waals surface area contributed by atoms with E-state index in [1.807, 2.05) is 38.1 Å². The highest BCUT2D eigenvalue weighted by Crippen LogP contribution is 2.23. The molecule has 0 amide bonds. The molecule has 1 rings (SSSR count). The van der Waals surface area contributed by atoms with E-state index in [0.29, 0.717) is 13.0 Å². The standard InChI is InChI=1S/C13H17BrO2/c1-3-8-16-13(12(15)4-2)10-6-5-7-11(14)9-10/h5-7,9,13H,3-4,8H2,1-2H3. The molecule has 0 heterocycles. The molecule has 0 radical (unpaired) electrons. The first kappa shape index (κ1) is 13.4. The highest BCUT2D eigenvalue weighted by atomic mass is 79.9. The lowest BCUT2D eigenvalue weighted by molar-refractivity contribution is -0.130. The first-order valence-electron chi connectivity index (χ1n) is 5.58. The van der Waals surface area contributed by atoms with E-state index in [1.54, 1.807) is 0 Å². The largest absolute Gasteiger partial charge is 0.366 e. The summed E-state index contributed by atoms with van der Waals surface area (Å²) in [5.74, 6) is 0.131. The van der Waals surface area contributed by atoms with E-state index >= 15 is 0 Å². The smallest absolute Gasteiger partial charge is 0.165 e. The zero-order valence-corrected chi connectivity index (χ0v) is 11.3. The fraction of sp³-hybridized carbons (Fsp3) is 0.462. The Morgan fingerprint density at radius 3 is 2.75 bits per heavy atom. The van der Waals surface area contributed by atoms with Gasteiger partial charge in [0.1, 0.15) is 6.10 Å². The second-order valence-corrected chi connectivity index (χ2v) is 4.54. The number of carbonyl (C=O) groups excluding carboxylic acids is 1. The molecule has 1 aromatic rings. The Labute approximate surface area is 105 Å². The van der Waals surface area contributed by atoms with E-state index < -0.39 is 6.10 Å². The zero-order chi connectivity index (χ0) is 12.0. The lowest BCUT2D eigenvalue weighted by atomic mass is 10.0. The van der Waals surface area contributed by atoms with Gasteiger partial charge in [0.05, 0.1) is 0 Å². The van der Waals surface area contributed by atoms with Gasteiger partial charge in [-0.3, -0.25) is 4.79 Å². The highest BCUT2D eigenvalue weighted by Gasteiger charge is 2.19. The lowest BCUT2D eigenvalue weighted by Crippen LogP contribution is -2.15. The third kappa shape index (κ3) is 3.72. The Hall–Kier alpha value is -0.670. The van der Waals surface area contributed by atoms with Crippen LogP contribution in [0.4, 0.5) is 0 Å². The number of carbonyl (C=O) groups is 1. The Kier molecular flexibility index (Phi) is 5.71. The molecule has 3 heteroatoms. The van der Waals surface area contributed by atoms with E-state index in [9.17, 15) is 4.79 Å². The molecule has 16 heavy (non-hydrogen) atoms. The van der Waals surface area contributed by atoms with Gasteiger partial charge in [-0.15, -0.1) is 0 Å². The average Bonchev–Trinajstić information content (AvgIpc) is 2.29. The molecule has 0 fully saturated rings. The molecule has 1 atom stereocenters. The van der Waals surface area contributed by atoms with Crippen LogP contribution >= 0.6 is 15.9 Å². The Morgan fingerprint density at radius 1 is 1.44 bits per heavy atom. The zero-order valence-electron chi connectivity index (χ0n) is 9.70. The summed E-state index contributed by atoms with van der Waals surface area (Å²) in [6.07, 6.45) is 1.00. The molecule has 1 aromatic carbocycles. The maximum atomic E-state index is 11.8. The summed E-state index contributed by atoms with van der Waals surface area (Å²) in [4.78, 5) is 11.8. The molecule has 0 saturated heterocycles. The minimum absolute atomic E-state index is 0.131. The van der Waals surface area contributed by atoms with Crippen molar-refractivity contribution in [2.75, 3.05) is 6.61 Å². The second-order valence-electron chi connectivity index (χ2n) is 3.63. The van der Waals surface area contributed by atoms with Gasteiger partial charge in [0.15, 0.2) is 5.78 Å². The number of hydrogen-bond donors (Lipinski definition) is 0. The number of ether oxygens (including phenoxy) is 1. The van der Waals surface area contributed by atoms with Gasteiger partial charge in [-0.2, -0.15) is 0 Å². The van der Waals surface area contributed by atoms with E-state index in [2.05, 4.69) is 15.9 Å². The third-order valence-electron chi connectivity index (χ3n) is 2.28. The first-order valence-corrected chi connectivity index (χ1v) is 6.38. The third-order valence-corrected chi connectivity index (χ3v) is 2.77. The van der Waals surface area contributed by atoms with Gasteiger partial charge < -0.3 is 4.74 Å². The number of hydrogen-bond acceptors (Lipinski definition) is 2. The van der Waals surface area contributed by atoms with E-state index in [-0.39, 0.29) is 5.78 Å². The van der Waals surface area contributed by atoms with Crippen LogP contribution in [0.2, 0.25) is 0 Å². The maximum Gasteiger partial charge on any atom is 0.165 e. The number of ketones is 1. The molecule has 1 unspecified atom stereocenters. The summed E-state index contributed by atoms with van der Waals surface area (Å²) >= 11 is 3.40. The summed E-state index contributed by atoms with van der Waals surface area (Å²) < 4.78 is 6.59. The van der Waals surface area contributed by atoms with Crippen LogP contribution in [-0.4, -0.2) is 12.4 Å². The van der Waals surface area contributed by atoms with E-state index in [4.69, 9.17) is 4.74 Å². The molecule has 0 saturated carbocycles. The van der Waals surface area contributed by atoms with Crippen LogP contribution in [0.5, 0.6) is 0 Å². The van der Waals surface area contributed by atoms with Crippen molar-refractivity contribution < 1.29 is 9.53 Å². The molecule has 0 spiro atoms. The Bertz CT molecular complexity index is 350. The monoisotopic (exact) mass is 284 g/mol. The predicted molar refractivity (Wildman–Crippen MR) is 68.4 cm³/mol. The molecule has 0 N–H and O–H groups in total. The van der Waals surface area contributed by atoms with Gasteiger partial charge in [0.25, 0.3) is 0 Å². The summed E-state index contributed by atoms with van der Waals surface area (Å²) in [7, 11) is 0. The summed E-state index contributed by atoms with van der Waals surface area (Å²) in [6, 6.07) is 7.73. The minimum atomic E-state index is -0.414. The Morgan fingerprint density at radius 2 is 2.19 bits per heavy atom. The highest BCUT2D eigenvalue weighted by molar-refractivity contribution is 9.10. The van der Waals surface area contributed by atoms with E-state index in [0.717, 1.165) is 16.5 Å². The minimum Gasteiger partial charge on any atom is -0.366 e. The summed E-state index contributed by atoms with van der Waals surface area (Å²) in [5.41, 5.74) is 0.926. The van der Waals surface area contributed by atoms with Crippen LogP contribution in [-0.2, 0) is 9.53 Å². The van der Waals surface area contributed by atoms with E-state index in [1.165, 1.54) is 0 Å². The van der Waals surface area contributed by atoms with Crippen molar-refractivity contribution in [1.29, 1.82) is 0 Å². The van der Waals surface area contributed by atoms with Crippen LogP contribution in [0.3, 0.4) is 0 Å². The molecule has 0 aliphatic carbocycles. The van der Waals surface area contributed by atoms with Crippen molar-refractivity contribution in [3.63, 3.8) is 0 Å². The average molecular weight is 285 g/mol. The number of benzene rings is 1. The topological polar surface area (TPSA) is 26.3 Å². The van der Waals surface area contributed by atoms with Crippen molar-refractivity contribution in [1.82, 2.24) is 0 Å². The molecule has 0 aliphatic heterocycles. The molecule has 88 valence electrons. The molecule has 0 aliphatic rings. The summed E-state index contributed by atoms with van der Waals surface area (Å²) in [6.45, 7) is 4.51.